The fourth-order valence-electron chi connectivity index (χ4n) is 3.87. The van der Waals surface area contributed by atoms with Crippen molar-refractivity contribution in [2.75, 3.05) is 24.6 Å². The van der Waals surface area contributed by atoms with Gasteiger partial charge in [0.2, 0.25) is 0 Å². The van der Waals surface area contributed by atoms with Gasteiger partial charge in [0, 0.05) is 55.0 Å². The lowest BCUT2D eigenvalue weighted by atomic mass is 9.91. The van der Waals surface area contributed by atoms with E-state index in [2.05, 4.69) is 33.7 Å². The lowest BCUT2D eigenvalue weighted by Gasteiger charge is -2.27. The molecule has 1 aliphatic carbocycles. The van der Waals surface area contributed by atoms with Gasteiger partial charge in [-0.3, -0.25) is 9.48 Å². The van der Waals surface area contributed by atoms with E-state index >= 15 is 0 Å². The van der Waals surface area contributed by atoms with Gasteiger partial charge in [0.05, 0.1) is 0 Å². The second kappa shape index (κ2) is 8.15. The van der Waals surface area contributed by atoms with Gasteiger partial charge in [0.1, 0.15) is 0 Å². The zero-order valence-electron chi connectivity index (χ0n) is 15.2. The summed E-state index contributed by atoms with van der Waals surface area (Å²) in [6, 6.07) is 2.59. The van der Waals surface area contributed by atoms with Crippen LogP contribution in [0.3, 0.4) is 0 Å². The third-order valence-electron chi connectivity index (χ3n) is 5.32. The molecule has 1 atom stereocenters. The average Bonchev–Trinajstić information content (AvgIpc) is 3.34. The zero-order valence-corrected chi connectivity index (χ0v) is 16.9. The molecule has 2 aromatic rings. The number of aryl methyl sites for hydroxylation is 1. The Morgan fingerprint density at radius 2 is 2.23 bits per heavy atom. The second-order valence-corrected chi connectivity index (χ2v) is 8.95. The van der Waals surface area contributed by atoms with Crippen molar-refractivity contribution in [3.8, 4) is 0 Å². The van der Waals surface area contributed by atoms with Gasteiger partial charge in [-0.25, -0.2) is 0 Å². The van der Waals surface area contributed by atoms with Crippen molar-refractivity contribution in [1.82, 2.24) is 20.0 Å². The molecular weight excluding hydrogens is 364 g/mol. The standard InChI is InChI=1S/C19H26N4OS2/c1-2-23-17-4-3-15(20-12-14-5-8-26-13-14)11-16(17)18(21-23)19(24)22-6-9-25-10-7-22/h5,8,13,15,20H,2-4,6-7,9-12H2,1H3. The van der Waals surface area contributed by atoms with Crippen LogP contribution in [0.15, 0.2) is 16.8 Å². The second-order valence-electron chi connectivity index (χ2n) is 6.95. The molecule has 140 valence electrons. The smallest absolute Gasteiger partial charge is 0.274 e. The maximum absolute atomic E-state index is 13.1. The number of nitrogens with zero attached hydrogens (tertiary/aromatic N) is 3. The summed E-state index contributed by atoms with van der Waals surface area (Å²) < 4.78 is 2.05. The fourth-order valence-corrected chi connectivity index (χ4v) is 5.44. The maximum Gasteiger partial charge on any atom is 0.274 e. The molecular formula is C19H26N4OS2. The molecule has 7 heteroatoms. The predicted molar refractivity (Wildman–Crippen MR) is 108 cm³/mol. The number of fused-ring (bicyclic) bond motifs is 1. The molecule has 0 saturated carbocycles. The molecule has 2 aliphatic rings. The Hall–Kier alpha value is -1.31. The van der Waals surface area contributed by atoms with Crippen LogP contribution in [-0.4, -0.2) is 51.2 Å². The first-order chi connectivity index (χ1) is 12.8. The summed E-state index contributed by atoms with van der Waals surface area (Å²) in [6.07, 6.45) is 3.01. The predicted octanol–water partition coefficient (Wildman–Crippen LogP) is 2.80. The average molecular weight is 391 g/mol. The number of hydrogen-bond acceptors (Lipinski definition) is 5. The quantitative estimate of drug-likeness (QED) is 0.853. The van der Waals surface area contributed by atoms with Crippen LogP contribution in [0.5, 0.6) is 0 Å². The highest BCUT2D eigenvalue weighted by Gasteiger charge is 2.31. The fraction of sp³-hybridized carbons (Fsp3) is 0.579. The van der Waals surface area contributed by atoms with Gasteiger partial charge >= 0.3 is 0 Å². The largest absolute Gasteiger partial charge is 0.336 e. The number of amides is 1. The monoisotopic (exact) mass is 390 g/mol. The molecule has 1 unspecified atom stereocenters. The molecule has 0 spiro atoms. The van der Waals surface area contributed by atoms with Crippen LogP contribution < -0.4 is 5.32 Å². The van der Waals surface area contributed by atoms with Crippen molar-refractivity contribution in [3.05, 3.63) is 39.3 Å². The van der Waals surface area contributed by atoms with Gasteiger partial charge < -0.3 is 10.2 Å². The number of thiophene rings is 1. The summed E-state index contributed by atoms with van der Waals surface area (Å²) in [5.41, 5.74) is 4.50. The van der Waals surface area contributed by atoms with Gasteiger partial charge in [-0.1, -0.05) is 0 Å². The molecule has 26 heavy (non-hydrogen) atoms. The van der Waals surface area contributed by atoms with Crippen molar-refractivity contribution in [3.63, 3.8) is 0 Å². The van der Waals surface area contributed by atoms with Gasteiger partial charge in [0.15, 0.2) is 5.69 Å². The summed E-state index contributed by atoms with van der Waals surface area (Å²) in [5.74, 6) is 2.20. The van der Waals surface area contributed by atoms with Crippen LogP contribution in [-0.2, 0) is 25.9 Å². The Labute approximate surface area is 163 Å². The lowest BCUT2D eigenvalue weighted by Crippen LogP contribution is -2.39. The number of carbonyl (C=O) groups excluding carboxylic acids is 1. The number of hydrogen-bond donors (Lipinski definition) is 1. The van der Waals surface area contributed by atoms with Crippen molar-refractivity contribution in [1.29, 1.82) is 0 Å². The molecule has 1 fully saturated rings. The molecule has 1 N–H and O–H groups in total. The SMILES string of the molecule is CCn1nc(C(=O)N2CCSCC2)c2c1CCC(NCc1ccsc1)C2. The Morgan fingerprint density at radius 3 is 2.96 bits per heavy atom. The highest BCUT2D eigenvalue weighted by Crippen LogP contribution is 2.27. The third kappa shape index (κ3) is 3.70. The van der Waals surface area contributed by atoms with Gasteiger partial charge in [-0.05, 0) is 48.6 Å². The number of nitrogens with one attached hydrogen (secondary N) is 1. The number of aromatic nitrogens is 2. The van der Waals surface area contributed by atoms with E-state index in [0.717, 1.165) is 56.9 Å². The van der Waals surface area contributed by atoms with E-state index in [-0.39, 0.29) is 5.91 Å². The summed E-state index contributed by atoms with van der Waals surface area (Å²) in [5, 5.41) is 12.7. The molecule has 3 heterocycles. The molecule has 1 aliphatic heterocycles. The first kappa shape index (κ1) is 18.1. The van der Waals surface area contributed by atoms with Crippen molar-refractivity contribution in [2.45, 2.75) is 45.3 Å². The Kier molecular flexibility index (Phi) is 5.66. The highest BCUT2D eigenvalue weighted by atomic mass is 32.2. The molecule has 0 aromatic carbocycles. The molecule has 1 amide bonds. The van der Waals surface area contributed by atoms with Crippen LogP contribution >= 0.6 is 23.1 Å². The first-order valence-electron chi connectivity index (χ1n) is 9.46. The molecule has 1 saturated heterocycles. The number of rotatable bonds is 5. The first-order valence-corrected chi connectivity index (χ1v) is 11.6. The maximum atomic E-state index is 13.1. The van der Waals surface area contributed by atoms with Crippen molar-refractivity contribution < 1.29 is 4.79 Å². The van der Waals surface area contributed by atoms with Crippen LogP contribution in [0, 0.1) is 0 Å². The summed E-state index contributed by atoms with van der Waals surface area (Å²) in [7, 11) is 0. The summed E-state index contributed by atoms with van der Waals surface area (Å²) in [6.45, 7) is 5.53. The lowest BCUT2D eigenvalue weighted by molar-refractivity contribution is 0.0764. The highest BCUT2D eigenvalue weighted by molar-refractivity contribution is 7.99. The van der Waals surface area contributed by atoms with E-state index in [9.17, 15) is 4.79 Å². The molecule has 5 nitrogen and oxygen atoms in total. The van der Waals surface area contributed by atoms with E-state index in [0.29, 0.717) is 11.7 Å². The number of thioether (sulfide) groups is 1. The van der Waals surface area contributed by atoms with Crippen molar-refractivity contribution in [2.24, 2.45) is 0 Å². The van der Waals surface area contributed by atoms with Crippen LogP contribution in [0.2, 0.25) is 0 Å². The minimum atomic E-state index is 0.132. The van der Waals surface area contributed by atoms with Crippen molar-refractivity contribution >= 4 is 29.0 Å². The van der Waals surface area contributed by atoms with E-state index in [1.807, 2.05) is 16.7 Å². The zero-order chi connectivity index (χ0) is 17.9. The van der Waals surface area contributed by atoms with Gasteiger partial charge in [-0.15, -0.1) is 0 Å². The number of carbonyl (C=O) groups is 1. The van der Waals surface area contributed by atoms with Gasteiger partial charge in [-0.2, -0.15) is 28.2 Å². The molecule has 0 bridgehead atoms. The molecule has 4 rings (SSSR count). The normalized spacial score (nSPS) is 20.2. The minimum absolute atomic E-state index is 0.132. The van der Waals surface area contributed by atoms with E-state index in [1.165, 1.54) is 16.8 Å². The van der Waals surface area contributed by atoms with E-state index in [4.69, 9.17) is 5.10 Å². The summed E-state index contributed by atoms with van der Waals surface area (Å²) >= 11 is 3.66. The Bertz CT molecular complexity index is 750. The Morgan fingerprint density at radius 1 is 1.38 bits per heavy atom. The summed E-state index contributed by atoms with van der Waals surface area (Å²) in [4.78, 5) is 15.1. The van der Waals surface area contributed by atoms with Crippen LogP contribution in [0.25, 0.3) is 0 Å². The minimum Gasteiger partial charge on any atom is -0.336 e. The molecule has 2 aromatic heterocycles. The van der Waals surface area contributed by atoms with E-state index in [1.54, 1.807) is 11.3 Å². The Balaban J connectivity index is 1.51. The molecule has 0 radical (unpaired) electrons. The van der Waals surface area contributed by atoms with Gasteiger partial charge in [0.25, 0.3) is 5.91 Å². The third-order valence-corrected chi connectivity index (χ3v) is 7.00. The topological polar surface area (TPSA) is 50.2 Å². The van der Waals surface area contributed by atoms with Crippen LogP contribution in [0.1, 0.15) is 40.7 Å². The van der Waals surface area contributed by atoms with Crippen LogP contribution in [0.4, 0.5) is 0 Å². The van der Waals surface area contributed by atoms with E-state index < -0.39 is 0 Å².